The highest BCUT2D eigenvalue weighted by Gasteiger charge is 2.31. The van der Waals surface area contributed by atoms with Gasteiger partial charge in [0.15, 0.2) is 5.82 Å². The number of rotatable bonds is 5. The first-order valence-electron chi connectivity index (χ1n) is 5.96. The molecule has 2 rings (SSSR count). The van der Waals surface area contributed by atoms with Crippen molar-refractivity contribution in [3.63, 3.8) is 0 Å². The van der Waals surface area contributed by atoms with Gasteiger partial charge in [0, 0.05) is 18.8 Å². The Morgan fingerprint density at radius 2 is 2.09 bits per heavy atom. The average Bonchev–Trinajstić information content (AvgIpc) is 2.84. The quantitative estimate of drug-likeness (QED) is 0.902. The van der Waals surface area contributed by atoms with E-state index in [0.29, 0.717) is 17.4 Å². The molecular formula is C12H14ClF3N4O2. The molecule has 1 aromatic heterocycles. The molecule has 0 saturated carbocycles. The van der Waals surface area contributed by atoms with Crippen molar-refractivity contribution >= 4 is 18.1 Å². The van der Waals surface area contributed by atoms with Gasteiger partial charge in [-0.2, -0.15) is 4.98 Å². The third kappa shape index (κ3) is 5.08. The van der Waals surface area contributed by atoms with E-state index >= 15 is 0 Å². The van der Waals surface area contributed by atoms with Gasteiger partial charge in [-0.15, -0.1) is 25.6 Å². The van der Waals surface area contributed by atoms with Crippen LogP contribution in [0.2, 0.25) is 0 Å². The number of benzene rings is 1. The summed E-state index contributed by atoms with van der Waals surface area (Å²) in [6.07, 6.45) is -4.72. The van der Waals surface area contributed by atoms with Gasteiger partial charge in [-0.05, 0) is 12.1 Å². The highest BCUT2D eigenvalue weighted by atomic mass is 35.5. The van der Waals surface area contributed by atoms with Crippen LogP contribution in [0.4, 0.5) is 18.9 Å². The number of nitrogens with zero attached hydrogens (tertiary/aromatic N) is 3. The third-order valence-electron chi connectivity index (χ3n) is 2.56. The molecule has 122 valence electrons. The number of alkyl halides is 3. The van der Waals surface area contributed by atoms with Gasteiger partial charge >= 0.3 is 6.36 Å². The van der Waals surface area contributed by atoms with E-state index in [9.17, 15) is 13.2 Å². The molecule has 0 atom stereocenters. The number of ether oxygens (including phenoxy) is 1. The molecule has 0 aliphatic rings. The molecule has 2 aromatic rings. The summed E-state index contributed by atoms with van der Waals surface area (Å²) in [5.41, 5.74) is 5.87. The van der Waals surface area contributed by atoms with Crippen molar-refractivity contribution in [1.82, 2.24) is 10.1 Å². The highest BCUT2D eigenvalue weighted by molar-refractivity contribution is 5.85. The maximum atomic E-state index is 12.2. The molecule has 0 aliphatic heterocycles. The van der Waals surface area contributed by atoms with Gasteiger partial charge in [-0.3, -0.25) is 0 Å². The van der Waals surface area contributed by atoms with Gasteiger partial charge in [0.25, 0.3) is 0 Å². The Labute approximate surface area is 130 Å². The largest absolute Gasteiger partial charge is 0.573 e. The molecule has 0 amide bonds. The summed E-state index contributed by atoms with van der Waals surface area (Å²) in [6.45, 7) is 0.393. The fraction of sp³-hybridized carbons (Fsp3) is 0.333. The molecule has 0 radical (unpaired) electrons. The normalized spacial score (nSPS) is 11.0. The second-order valence-corrected chi connectivity index (χ2v) is 4.21. The summed E-state index contributed by atoms with van der Waals surface area (Å²) in [7, 11) is 1.69. The van der Waals surface area contributed by atoms with Gasteiger partial charge in [0.2, 0.25) is 5.89 Å². The summed E-state index contributed by atoms with van der Waals surface area (Å²) < 4.78 is 45.3. The van der Waals surface area contributed by atoms with Crippen LogP contribution >= 0.6 is 12.4 Å². The van der Waals surface area contributed by atoms with E-state index in [1.54, 1.807) is 18.0 Å². The van der Waals surface area contributed by atoms with E-state index in [2.05, 4.69) is 14.9 Å². The monoisotopic (exact) mass is 338 g/mol. The lowest BCUT2D eigenvalue weighted by atomic mass is 10.3. The summed E-state index contributed by atoms with van der Waals surface area (Å²) in [5.74, 6) is 0.398. The number of halogens is 4. The third-order valence-corrected chi connectivity index (χ3v) is 2.56. The van der Waals surface area contributed by atoms with Crippen LogP contribution in [0.5, 0.6) is 5.75 Å². The van der Waals surface area contributed by atoms with Crippen molar-refractivity contribution in [1.29, 1.82) is 0 Å². The Kier molecular flexibility index (Phi) is 6.01. The van der Waals surface area contributed by atoms with Crippen LogP contribution in [-0.2, 0) is 13.1 Å². The van der Waals surface area contributed by atoms with Crippen LogP contribution in [-0.4, -0.2) is 23.6 Å². The Bertz CT molecular complexity index is 606. The van der Waals surface area contributed by atoms with Gasteiger partial charge in [0.1, 0.15) is 5.75 Å². The Hall–Kier alpha value is -2.00. The zero-order chi connectivity index (χ0) is 15.5. The lowest BCUT2D eigenvalue weighted by Crippen LogP contribution is -2.19. The van der Waals surface area contributed by atoms with E-state index in [4.69, 9.17) is 10.3 Å². The van der Waals surface area contributed by atoms with Gasteiger partial charge < -0.3 is 19.9 Å². The molecule has 2 N–H and O–H groups in total. The average molecular weight is 339 g/mol. The molecular weight excluding hydrogens is 325 g/mol. The predicted molar refractivity (Wildman–Crippen MR) is 74.7 cm³/mol. The maximum absolute atomic E-state index is 12.2. The topological polar surface area (TPSA) is 77.4 Å². The number of anilines is 1. The molecule has 0 saturated heterocycles. The van der Waals surface area contributed by atoms with Crippen LogP contribution in [0.15, 0.2) is 28.8 Å². The SMILES string of the molecule is CN(Cc1noc(CN)n1)c1cccc(OC(F)(F)F)c1.Cl. The molecule has 0 bridgehead atoms. The molecule has 0 spiro atoms. The Balaban J connectivity index is 0.00000242. The molecule has 0 unspecified atom stereocenters. The van der Waals surface area contributed by atoms with Crippen LogP contribution in [0.1, 0.15) is 11.7 Å². The summed E-state index contributed by atoms with van der Waals surface area (Å²) in [5, 5.41) is 3.72. The van der Waals surface area contributed by atoms with Crippen LogP contribution in [0.25, 0.3) is 0 Å². The molecule has 0 fully saturated rings. The molecule has 0 aliphatic carbocycles. The fourth-order valence-electron chi connectivity index (χ4n) is 1.66. The lowest BCUT2D eigenvalue weighted by Gasteiger charge is -2.18. The first-order chi connectivity index (χ1) is 9.87. The van der Waals surface area contributed by atoms with E-state index < -0.39 is 6.36 Å². The summed E-state index contributed by atoms with van der Waals surface area (Å²) in [4.78, 5) is 5.68. The number of aromatic nitrogens is 2. The Morgan fingerprint density at radius 1 is 1.36 bits per heavy atom. The van der Waals surface area contributed by atoms with Crippen molar-refractivity contribution in [2.24, 2.45) is 5.73 Å². The van der Waals surface area contributed by atoms with Crippen molar-refractivity contribution in [3.05, 3.63) is 36.0 Å². The van der Waals surface area contributed by atoms with Crippen molar-refractivity contribution in [2.75, 3.05) is 11.9 Å². The minimum atomic E-state index is -4.72. The predicted octanol–water partition coefficient (Wildman–Crippen LogP) is 2.49. The van der Waals surface area contributed by atoms with E-state index in [0.717, 1.165) is 0 Å². The molecule has 6 nitrogen and oxygen atoms in total. The minimum Gasteiger partial charge on any atom is -0.406 e. The number of hydrogen-bond acceptors (Lipinski definition) is 6. The number of nitrogens with two attached hydrogens (primary N) is 1. The molecule has 1 aromatic carbocycles. The first kappa shape index (κ1) is 18.1. The van der Waals surface area contributed by atoms with Gasteiger partial charge in [0.05, 0.1) is 13.1 Å². The van der Waals surface area contributed by atoms with Crippen molar-refractivity contribution in [3.8, 4) is 5.75 Å². The Morgan fingerprint density at radius 3 is 2.68 bits per heavy atom. The lowest BCUT2D eigenvalue weighted by molar-refractivity contribution is -0.274. The zero-order valence-corrected chi connectivity index (χ0v) is 12.3. The van der Waals surface area contributed by atoms with Gasteiger partial charge in [-0.25, -0.2) is 0 Å². The molecule has 22 heavy (non-hydrogen) atoms. The smallest absolute Gasteiger partial charge is 0.406 e. The maximum Gasteiger partial charge on any atom is 0.573 e. The second-order valence-electron chi connectivity index (χ2n) is 4.21. The number of hydrogen-bond donors (Lipinski definition) is 1. The first-order valence-corrected chi connectivity index (χ1v) is 5.96. The standard InChI is InChI=1S/C12H13F3N4O2.ClH/c1-19(7-10-17-11(6-16)21-18-10)8-3-2-4-9(5-8)20-12(13,14)15;/h2-5H,6-7,16H2,1H3;1H. The van der Waals surface area contributed by atoms with Crippen molar-refractivity contribution in [2.45, 2.75) is 19.5 Å². The van der Waals surface area contributed by atoms with E-state index in [1.165, 1.54) is 18.2 Å². The highest BCUT2D eigenvalue weighted by Crippen LogP contribution is 2.26. The fourth-order valence-corrected chi connectivity index (χ4v) is 1.66. The summed E-state index contributed by atoms with van der Waals surface area (Å²) in [6, 6.07) is 5.62. The van der Waals surface area contributed by atoms with Crippen LogP contribution in [0, 0.1) is 0 Å². The summed E-state index contributed by atoms with van der Waals surface area (Å²) >= 11 is 0. The van der Waals surface area contributed by atoms with E-state index in [1.807, 2.05) is 0 Å². The van der Waals surface area contributed by atoms with Crippen molar-refractivity contribution < 1.29 is 22.4 Å². The van der Waals surface area contributed by atoms with Crippen LogP contribution in [0.3, 0.4) is 0 Å². The molecule has 1 heterocycles. The van der Waals surface area contributed by atoms with Gasteiger partial charge in [-0.1, -0.05) is 11.2 Å². The zero-order valence-electron chi connectivity index (χ0n) is 11.5. The van der Waals surface area contributed by atoms with E-state index in [-0.39, 0.29) is 31.2 Å². The van der Waals surface area contributed by atoms with Crippen LogP contribution < -0.4 is 15.4 Å². The molecule has 10 heteroatoms. The second kappa shape index (κ2) is 7.32. The minimum absolute atomic E-state index is 0.